The van der Waals surface area contributed by atoms with Gasteiger partial charge in [0.1, 0.15) is 0 Å². The summed E-state index contributed by atoms with van der Waals surface area (Å²) in [6.45, 7) is 0. The Bertz CT molecular complexity index is 299. The first kappa shape index (κ1) is 9.96. The molecule has 1 unspecified atom stereocenters. The summed E-state index contributed by atoms with van der Waals surface area (Å²) in [7, 11) is 1.89. The molecule has 14 heavy (non-hydrogen) atoms. The summed E-state index contributed by atoms with van der Waals surface area (Å²) >= 11 is 6.04. The molecule has 0 saturated heterocycles. The van der Waals surface area contributed by atoms with Gasteiger partial charge in [-0.15, -0.1) is 0 Å². The van der Waals surface area contributed by atoms with Gasteiger partial charge in [-0.1, -0.05) is 24.4 Å². The van der Waals surface area contributed by atoms with E-state index in [0.717, 1.165) is 18.0 Å². The number of nitrogens with two attached hydrogens (primary N) is 1. The molecular weight excluding hydrogens is 200 g/mol. The van der Waals surface area contributed by atoms with Gasteiger partial charge in [0, 0.05) is 7.05 Å². The zero-order valence-electron chi connectivity index (χ0n) is 8.20. The minimum Gasteiger partial charge on any atom is -0.271 e. The maximum Gasteiger partial charge on any atom is 0.0834 e. The molecule has 0 radical (unpaired) electrons. The normalized spacial score (nSPS) is 18.5. The molecule has 0 aliphatic heterocycles. The van der Waals surface area contributed by atoms with E-state index in [1.165, 1.54) is 12.8 Å². The molecule has 78 valence electrons. The number of halogens is 1. The first-order valence-electron chi connectivity index (χ1n) is 4.86. The lowest BCUT2D eigenvalue weighted by molar-refractivity contribution is 0.457. The maximum absolute atomic E-state index is 6.04. The van der Waals surface area contributed by atoms with E-state index in [-0.39, 0.29) is 6.04 Å². The highest BCUT2D eigenvalue weighted by Crippen LogP contribution is 2.38. The predicted octanol–water partition coefficient (Wildman–Crippen LogP) is 1.38. The van der Waals surface area contributed by atoms with E-state index >= 15 is 0 Å². The van der Waals surface area contributed by atoms with Crippen LogP contribution in [0.4, 0.5) is 0 Å². The van der Waals surface area contributed by atoms with Crippen LogP contribution in [-0.4, -0.2) is 9.78 Å². The number of aryl methyl sites for hydroxylation is 1. The molecule has 0 aromatic carbocycles. The van der Waals surface area contributed by atoms with Crippen molar-refractivity contribution >= 4 is 11.6 Å². The first-order chi connectivity index (χ1) is 6.72. The molecule has 1 aromatic rings. The predicted molar refractivity (Wildman–Crippen MR) is 55.6 cm³/mol. The molecule has 1 aliphatic carbocycles. The van der Waals surface area contributed by atoms with Crippen molar-refractivity contribution in [1.82, 2.24) is 15.2 Å². The summed E-state index contributed by atoms with van der Waals surface area (Å²) in [5.74, 6) is 6.34. The Balaban J connectivity index is 2.16. The van der Waals surface area contributed by atoms with E-state index in [1.807, 2.05) is 7.05 Å². The lowest BCUT2D eigenvalue weighted by atomic mass is 10.1. The van der Waals surface area contributed by atoms with Gasteiger partial charge in [-0.25, -0.2) is 0 Å². The SMILES string of the molecule is Cn1ncc(Cl)c1C(CC1CC1)NN. The second-order valence-electron chi connectivity index (χ2n) is 3.90. The molecular formula is C9H15ClN4. The lowest BCUT2D eigenvalue weighted by Crippen LogP contribution is -2.30. The molecule has 4 nitrogen and oxygen atoms in total. The van der Waals surface area contributed by atoms with Crippen LogP contribution in [0.25, 0.3) is 0 Å². The van der Waals surface area contributed by atoms with Crippen molar-refractivity contribution in [3.05, 3.63) is 16.9 Å². The number of nitrogens with zero attached hydrogens (tertiary/aromatic N) is 2. The third kappa shape index (κ3) is 1.92. The molecule has 1 atom stereocenters. The molecule has 2 rings (SSSR count). The number of rotatable bonds is 4. The van der Waals surface area contributed by atoms with E-state index in [1.54, 1.807) is 10.9 Å². The Hall–Kier alpha value is -0.580. The number of hydrogen-bond donors (Lipinski definition) is 2. The van der Waals surface area contributed by atoms with Crippen LogP contribution in [0.1, 0.15) is 31.0 Å². The summed E-state index contributed by atoms with van der Waals surface area (Å²) in [4.78, 5) is 0. The second kappa shape index (κ2) is 3.88. The molecule has 0 spiro atoms. The fourth-order valence-electron chi connectivity index (χ4n) is 1.76. The Morgan fingerprint density at radius 1 is 1.79 bits per heavy atom. The van der Waals surface area contributed by atoms with E-state index < -0.39 is 0 Å². The smallest absolute Gasteiger partial charge is 0.0834 e. The fraction of sp³-hybridized carbons (Fsp3) is 0.667. The van der Waals surface area contributed by atoms with E-state index in [4.69, 9.17) is 17.4 Å². The van der Waals surface area contributed by atoms with Crippen LogP contribution in [0.15, 0.2) is 6.20 Å². The summed E-state index contributed by atoms with van der Waals surface area (Å²) in [5.41, 5.74) is 3.80. The molecule has 5 heteroatoms. The summed E-state index contributed by atoms with van der Waals surface area (Å²) in [6, 6.07) is 0.127. The van der Waals surface area contributed by atoms with Crippen LogP contribution >= 0.6 is 11.6 Å². The van der Waals surface area contributed by atoms with Crippen molar-refractivity contribution in [3.8, 4) is 0 Å². The van der Waals surface area contributed by atoms with Crippen LogP contribution in [0, 0.1) is 5.92 Å². The topological polar surface area (TPSA) is 55.9 Å². The van der Waals surface area contributed by atoms with Crippen molar-refractivity contribution in [2.75, 3.05) is 0 Å². The Morgan fingerprint density at radius 2 is 2.50 bits per heavy atom. The average molecular weight is 215 g/mol. The van der Waals surface area contributed by atoms with Gasteiger partial charge < -0.3 is 0 Å². The molecule has 1 heterocycles. The van der Waals surface area contributed by atoms with Gasteiger partial charge >= 0.3 is 0 Å². The van der Waals surface area contributed by atoms with Gasteiger partial charge in [0.05, 0.1) is 23.0 Å². The monoisotopic (exact) mass is 214 g/mol. The lowest BCUT2D eigenvalue weighted by Gasteiger charge is -2.16. The van der Waals surface area contributed by atoms with Crippen molar-refractivity contribution in [2.24, 2.45) is 18.8 Å². The number of nitrogens with one attached hydrogen (secondary N) is 1. The molecule has 0 amide bonds. The molecule has 1 saturated carbocycles. The van der Waals surface area contributed by atoms with Gasteiger partial charge in [0.15, 0.2) is 0 Å². The Labute approximate surface area is 88.4 Å². The van der Waals surface area contributed by atoms with Crippen LogP contribution in [0.2, 0.25) is 5.02 Å². The van der Waals surface area contributed by atoms with E-state index in [9.17, 15) is 0 Å². The van der Waals surface area contributed by atoms with Gasteiger partial charge in [0.2, 0.25) is 0 Å². The summed E-state index contributed by atoms with van der Waals surface area (Å²) in [6.07, 6.45) is 5.34. The van der Waals surface area contributed by atoms with Crippen molar-refractivity contribution in [1.29, 1.82) is 0 Å². The van der Waals surface area contributed by atoms with Crippen molar-refractivity contribution in [2.45, 2.75) is 25.3 Å². The highest BCUT2D eigenvalue weighted by Gasteiger charge is 2.28. The molecule has 3 N–H and O–H groups in total. The Morgan fingerprint density at radius 3 is 2.93 bits per heavy atom. The standard InChI is InChI=1S/C9H15ClN4/c1-14-9(7(10)5-12-14)8(13-11)4-6-2-3-6/h5-6,8,13H,2-4,11H2,1H3. The molecule has 1 aromatic heterocycles. The number of aromatic nitrogens is 2. The van der Waals surface area contributed by atoms with Gasteiger partial charge in [-0.3, -0.25) is 16.0 Å². The first-order valence-corrected chi connectivity index (χ1v) is 5.23. The van der Waals surface area contributed by atoms with Crippen LogP contribution < -0.4 is 11.3 Å². The zero-order chi connectivity index (χ0) is 10.1. The molecule has 1 fully saturated rings. The van der Waals surface area contributed by atoms with Crippen LogP contribution in [-0.2, 0) is 7.05 Å². The minimum atomic E-state index is 0.127. The number of hydrogen-bond acceptors (Lipinski definition) is 3. The maximum atomic E-state index is 6.04. The third-order valence-corrected chi connectivity index (χ3v) is 3.03. The minimum absolute atomic E-state index is 0.127. The van der Waals surface area contributed by atoms with Crippen molar-refractivity contribution < 1.29 is 0 Å². The van der Waals surface area contributed by atoms with E-state index in [0.29, 0.717) is 5.02 Å². The second-order valence-corrected chi connectivity index (χ2v) is 4.31. The van der Waals surface area contributed by atoms with Crippen LogP contribution in [0.3, 0.4) is 0 Å². The fourth-order valence-corrected chi connectivity index (χ4v) is 2.06. The highest BCUT2D eigenvalue weighted by atomic mass is 35.5. The third-order valence-electron chi connectivity index (χ3n) is 2.73. The van der Waals surface area contributed by atoms with Gasteiger partial charge in [-0.2, -0.15) is 5.10 Å². The summed E-state index contributed by atoms with van der Waals surface area (Å²) < 4.78 is 1.79. The molecule has 1 aliphatic rings. The number of hydrazine groups is 1. The zero-order valence-corrected chi connectivity index (χ0v) is 8.96. The molecule has 0 bridgehead atoms. The van der Waals surface area contributed by atoms with Crippen molar-refractivity contribution in [3.63, 3.8) is 0 Å². The van der Waals surface area contributed by atoms with Gasteiger partial charge in [0.25, 0.3) is 0 Å². The Kier molecular flexibility index (Phi) is 2.76. The largest absolute Gasteiger partial charge is 0.271 e. The van der Waals surface area contributed by atoms with Gasteiger partial charge in [-0.05, 0) is 12.3 Å². The highest BCUT2D eigenvalue weighted by molar-refractivity contribution is 6.31. The van der Waals surface area contributed by atoms with Crippen LogP contribution in [0.5, 0.6) is 0 Å². The summed E-state index contributed by atoms with van der Waals surface area (Å²) in [5, 5.41) is 4.79. The average Bonchev–Trinajstić information content (AvgIpc) is 2.92. The quantitative estimate of drug-likeness (QED) is 0.588. The van der Waals surface area contributed by atoms with E-state index in [2.05, 4.69) is 10.5 Å².